The molecule has 42 heavy (non-hydrogen) atoms. The molecular formula is C32H36N6O4. The number of aromatic nitrogens is 2. The molecule has 4 aromatic rings. The van der Waals surface area contributed by atoms with Crippen molar-refractivity contribution in [2.24, 2.45) is 0 Å². The minimum atomic E-state index is -0.716. The molecule has 0 atom stereocenters. The molecule has 1 aromatic heterocycles. The second kappa shape index (κ2) is 12.8. The smallest absolute Gasteiger partial charge is 0.418 e. The third kappa shape index (κ3) is 6.72. The Morgan fingerprint density at radius 1 is 0.881 bits per heavy atom. The summed E-state index contributed by atoms with van der Waals surface area (Å²) in [4.78, 5) is 27.0. The molecule has 0 bridgehead atoms. The second-order valence-electron chi connectivity index (χ2n) is 10.2. The first-order valence-electron chi connectivity index (χ1n) is 13.8. The maximum Gasteiger partial charge on any atom is 0.418 e. The molecule has 1 amide bonds. The molecule has 0 unspecified atom stereocenters. The van der Waals surface area contributed by atoms with Crippen molar-refractivity contribution in [2.45, 2.75) is 13.8 Å². The number of methoxy groups -OCH3 is 2. The molecule has 218 valence electrons. The van der Waals surface area contributed by atoms with Crippen LogP contribution in [-0.4, -0.2) is 68.4 Å². The molecule has 2 N–H and O–H groups in total. The fourth-order valence-corrected chi connectivity index (χ4v) is 4.81. The summed E-state index contributed by atoms with van der Waals surface area (Å²) in [7, 11) is 5.22. The van der Waals surface area contributed by atoms with Gasteiger partial charge in [0, 0.05) is 55.2 Å². The molecule has 10 heteroatoms. The normalized spacial score (nSPS) is 13.4. The number of nitrogens with one attached hydrogen (secondary N) is 2. The molecule has 0 spiro atoms. The zero-order valence-corrected chi connectivity index (χ0v) is 24.6. The molecule has 1 saturated heterocycles. The van der Waals surface area contributed by atoms with Crippen LogP contribution in [0.15, 0.2) is 66.7 Å². The van der Waals surface area contributed by atoms with Crippen LogP contribution in [0.5, 0.6) is 17.4 Å². The number of carbonyl (C=O) groups excluding carboxylic acids is 1. The molecule has 10 nitrogen and oxygen atoms in total. The monoisotopic (exact) mass is 568 g/mol. The van der Waals surface area contributed by atoms with Gasteiger partial charge in [0.1, 0.15) is 11.5 Å². The fraction of sp³-hybridized carbons (Fsp3) is 0.281. The molecule has 0 saturated carbocycles. The van der Waals surface area contributed by atoms with Crippen molar-refractivity contribution in [1.29, 1.82) is 0 Å². The van der Waals surface area contributed by atoms with Gasteiger partial charge in [-0.05, 0) is 62.4 Å². The van der Waals surface area contributed by atoms with E-state index in [-0.39, 0.29) is 5.88 Å². The van der Waals surface area contributed by atoms with Gasteiger partial charge in [0.25, 0.3) is 0 Å². The first kappa shape index (κ1) is 28.7. The highest BCUT2D eigenvalue weighted by Gasteiger charge is 2.17. The van der Waals surface area contributed by atoms with E-state index in [4.69, 9.17) is 19.2 Å². The van der Waals surface area contributed by atoms with Crippen LogP contribution in [0.3, 0.4) is 0 Å². The first-order valence-corrected chi connectivity index (χ1v) is 13.8. The Morgan fingerprint density at radius 3 is 2.43 bits per heavy atom. The summed E-state index contributed by atoms with van der Waals surface area (Å²) < 4.78 is 16.3. The summed E-state index contributed by atoms with van der Waals surface area (Å²) in [6.45, 7) is 8.06. The molecule has 1 fully saturated rings. The Kier molecular flexibility index (Phi) is 8.73. The van der Waals surface area contributed by atoms with Gasteiger partial charge >= 0.3 is 6.09 Å². The maximum absolute atomic E-state index is 13.0. The molecule has 0 aliphatic carbocycles. The van der Waals surface area contributed by atoms with E-state index in [0.717, 1.165) is 54.2 Å². The number of anilines is 4. The van der Waals surface area contributed by atoms with Crippen LogP contribution in [0.4, 0.5) is 27.8 Å². The molecule has 1 aliphatic heterocycles. The number of piperazine rings is 1. The molecule has 2 heterocycles. The largest absolute Gasteiger partial charge is 0.497 e. The molecule has 1 aliphatic rings. The van der Waals surface area contributed by atoms with Gasteiger partial charge in [0.2, 0.25) is 11.8 Å². The average molecular weight is 569 g/mol. The van der Waals surface area contributed by atoms with Gasteiger partial charge in [-0.25, -0.2) is 9.78 Å². The van der Waals surface area contributed by atoms with Crippen LogP contribution in [0.25, 0.3) is 11.3 Å². The van der Waals surface area contributed by atoms with Gasteiger partial charge in [-0.2, -0.15) is 4.98 Å². The van der Waals surface area contributed by atoms with Crippen molar-refractivity contribution < 1.29 is 19.0 Å². The van der Waals surface area contributed by atoms with E-state index in [0.29, 0.717) is 28.8 Å². The van der Waals surface area contributed by atoms with E-state index in [1.165, 1.54) is 7.11 Å². The standard InChI is InChI=1S/C32H36N6O4/c1-21-8-6-11-26(22(21)2)28-20-30(42-32(39)35-27-13-12-25(40-4)19-29(27)41-5)36-31(34-28)33-23-9-7-10-24(18-23)38-16-14-37(3)15-17-38/h6-13,18-20H,14-17H2,1-5H3,(H,35,39)(H,33,34,36). The number of likely N-dealkylation sites (N-methyl/N-ethyl adjacent to an activating group) is 1. The van der Waals surface area contributed by atoms with Crippen molar-refractivity contribution >= 4 is 29.1 Å². The average Bonchev–Trinajstić information content (AvgIpc) is 2.99. The van der Waals surface area contributed by atoms with E-state index in [2.05, 4.69) is 57.6 Å². The number of rotatable bonds is 8. The van der Waals surface area contributed by atoms with Gasteiger partial charge in [-0.15, -0.1) is 0 Å². The molecule has 0 radical (unpaired) electrons. The lowest BCUT2D eigenvalue weighted by Gasteiger charge is -2.34. The van der Waals surface area contributed by atoms with Crippen molar-refractivity contribution in [3.8, 4) is 28.6 Å². The number of aryl methyl sites for hydroxylation is 1. The minimum Gasteiger partial charge on any atom is -0.497 e. The van der Waals surface area contributed by atoms with Crippen molar-refractivity contribution in [3.63, 3.8) is 0 Å². The van der Waals surface area contributed by atoms with E-state index >= 15 is 0 Å². The minimum absolute atomic E-state index is 0.101. The zero-order valence-electron chi connectivity index (χ0n) is 24.6. The lowest BCUT2D eigenvalue weighted by molar-refractivity contribution is 0.213. The van der Waals surface area contributed by atoms with Gasteiger partial charge < -0.3 is 29.3 Å². The number of amides is 1. The summed E-state index contributed by atoms with van der Waals surface area (Å²) in [5.41, 5.74) is 6.17. The predicted molar refractivity (Wildman–Crippen MR) is 166 cm³/mol. The van der Waals surface area contributed by atoms with Gasteiger partial charge in [0.15, 0.2) is 0 Å². The summed E-state index contributed by atoms with van der Waals surface area (Å²) >= 11 is 0. The van der Waals surface area contributed by atoms with Crippen LogP contribution >= 0.6 is 0 Å². The van der Waals surface area contributed by atoms with E-state index in [1.807, 2.05) is 31.2 Å². The number of hydrogen-bond acceptors (Lipinski definition) is 9. The number of hydrogen-bond donors (Lipinski definition) is 2. The Morgan fingerprint density at radius 2 is 1.67 bits per heavy atom. The summed E-state index contributed by atoms with van der Waals surface area (Å²) in [6, 6.07) is 20.9. The van der Waals surface area contributed by atoms with E-state index in [9.17, 15) is 4.79 Å². The lowest BCUT2D eigenvalue weighted by Crippen LogP contribution is -2.44. The molecule has 3 aromatic carbocycles. The number of benzene rings is 3. The third-order valence-corrected chi connectivity index (χ3v) is 7.40. The predicted octanol–water partition coefficient (Wildman–Crippen LogP) is 5.88. The van der Waals surface area contributed by atoms with Gasteiger partial charge in [-0.3, -0.25) is 5.32 Å². The van der Waals surface area contributed by atoms with Crippen molar-refractivity contribution in [2.75, 3.05) is 63.0 Å². The van der Waals surface area contributed by atoms with E-state index in [1.54, 1.807) is 31.4 Å². The van der Waals surface area contributed by atoms with Crippen LogP contribution in [0.2, 0.25) is 0 Å². The Labute approximate surface area is 246 Å². The zero-order chi connectivity index (χ0) is 29.6. The van der Waals surface area contributed by atoms with Crippen molar-refractivity contribution in [3.05, 3.63) is 77.9 Å². The highest BCUT2D eigenvalue weighted by molar-refractivity contribution is 5.88. The summed E-state index contributed by atoms with van der Waals surface area (Å²) in [6.07, 6.45) is -0.716. The Bertz CT molecular complexity index is 1570. The SMILES string of the molecule is COc1ccc(NC(=O)Oc2cc(-c3cccc(C)c3C)nc(Nc3cccc(N4CCN(C)CC4)c3)n2)c(OC)c1. The maximum atomic E-state index is 13.0. The van der Waals surface area contributed by atoms with E-state index < -0.39 is 6.09 Å². The summed E-state index contributed by atoms with van der Waals surface area (Å²) in [5, 5.41) is 6.05. The first-order chi connectivity index (χ1) is 20.3. The van der Waals surface area contributed by atoms with Gasteiger partial charge in [-0.1, -0.05) is 24.3 Å². The van der Waals surface area contributed by atoms with Crippen LogP contribution in [-0.2, 0) is 0 Å². The Balaban J connectivity index is 1.43. The number of nitrogens with zero attached hydrogens (tertiary/aromatic N) is 4. The summed E-state index contributed by atoms with van der Waals surface area (Å²) in [5.74, 6) is 1.46. The fourth-order valence-electron chi connectivity index (χ4n) is 4.81. The highest BCUT2D eigenvalue weighted by atomic mass is 16.6. The number of ether oxygens (including phenoxy) is 3. The highest BCUT2D eigenvalue weighted by Crippen LogP contribution is 2.31. The molecule has 5 rings (SSSR count). The second-order valence-corrected chi connectivity index (χ2v) is 10.2. The number of carbonyl (C=O) groups is 1. The lowest BCUT2D eigenvalue weighted by atomic mass is 10.0. The van der Waals surface area contributed by atoms with Crippen LogP contribution < -0.4 is 29.7 Å². The van der Waals surface area contributed by atoms with Gasteiger partial charge in [0.05, 0.1) is 25.6 Å². The van der Waals surface area contributed by atoms with Crippen LogP contribution in [0, 0.1) is 13.8 Å². The molecular weight excluding hydrogens is 532 g/mol. The van der Waals surface area contributed by atoms with Crippen LogP contribution in [0.1, 0.15) is 11.1 Å². The third-order valence-electron chi connectivity index (χ3n) is 7.40. The topological polar surface area (TPSA) is 101 Å². The quantitative estimate of drug-likeness (QED) is 0.270. The van der Waals surface area contributed by atoms with Crippen molar-refractivity contribution in [1.82, 2.24) is 14.9 Å². The Hall–Kier alpha value is -4.83.